The zero-order valence-corrected chi connectivity index (χ0v) is 19.3. The monoisotopic (exact) mass is 463 g/mol. The number of likely N-dealkylation sites (N-methyl/N-ethyl adjacent to an activating group) is 1. The molecule has 0 unspecified atom stereocenters. The topological polar surface area (TPSA) is 62.7 Å². The number of pyridine rings is 1. The van der Waals surface area contributed by atoms with Gasteiger partial charge in [-0.1, -0.05) is 48.0 Å². The summed E-state index contributed by atoms with van der Waals surface area (Å²) in [6.45, 7) is 3.16. The Hall–Kier alpha value is -3.22. The second-order valence-electron chi connectivity index (χ2n) is 8.16. The minimum Gasteiger partial charge on any atom is -0.488 e. The van der Waals surface area contributed by atoms with Crippen molar-refractivity contribution in [3.8, 4) is 5.75 Å². The normalized spacial score (nSPS) is 14.2. The largest absolute Gasteiger partial charge is 0.488 e. The molecule has 0 atom stereocenters. The summed E-state index contributed by atoms with van der Waals surface area (Å²) in [5.74, 6) is 0.0603. The lowest BCUT2D eigenvalue weighted by atomic mass is 10.0. The van der Waals surface area contributed by atoms with Crippen molar-refractivity contribution < 1.29 is 14.3 Å². The Balaban J connectivity index is 1.63. The Morgan fingerprint density at radius 1 is 0.970 bits per heavy atom. The third kappa shape index (κ3) is 5.78. The van der Waals surface area contributed by atoms with Gasteiger partial charge in [0.25, 0.3) is 5.91 Å². The van der Waals surface area contributed by atoms with Crippen LogP contribution in [0.2, 0.25) is 5.02 Å². The van der Waals surface area contributed by atoms with Crippen LogP contribution in [0.3, 0.4) is 0 Å². The van der Waals surface area contributed by atoms with Crippen LogP contribution in [-0.4, -0.2) is 59.7 Å². The van der Waals surface area contributed by atoms with Crippen LogP contribution >= 0.6 is 11.6 Å². The Bertz CT molecular complexity index is 1110. The summed E-state index contributed by atoms with van der Waals surface area (Å²) in [6.07, 6.45) is 3.49. The van der Waals surface area contributed by atoms with Crippen LogP contribution in [0.25, 0.3) is 0 Å². The maximum atomic E-state index is 13.2. The lowest BCUT2D eigenvalue weighted by Crippen LogP contribution is -2.47. The van der Waals surface area contributed by atoms with Gasteiger partial charge in [-0.3, -0.25) is 14.6 Å². The molecular weight excluding hydrogens is 438 g/mol. The number of carbonyl (C=O) groups is 2. The second kappa shape index (κ2) is 10.6. The van der Waals surface area contributed by atoms with Gasteiger partial charge < -0.3 is 14.5 Å². The molecule has 6 nitrogen and oxygen atoms in total. The number of hydrogen-bond donors (Lipinski definition) is 0. The standard InChI is InChI=1S/C26H26ClN3O3/c1-29-10-12-30(13-11-29)26(32)21-16-25(33-18-19-6-3-2-4-7-19)22(15-23(21)27)24(31)14-20-8-5-9-28-17-20/h2-9,15-17H,10-14,18H2,1H3. The first-order chi connectivity index (χ1) is 16.0. The fourth-order valence-electron chi connectivity index (χ4n) is 3.75. The summed E-state index contributed by atoms with van der Waals surface area (Å²) in [4.78, 5) is 34.4. The van der Waals surface area contributed by atoms with Crippen LogP contribution < -0.4 is 4.74 Å². The van der Waals surface area contributed by atoms with Gasteiger partial charge in [-0.2, -0.15) is 0 Å². The molecule has 3 aromatic rings. The lowest BCUT2D eigenvalue weighted by Gasteiger charge is -2.32. The number of rotatable bonds is 7. The van der Waals surface area contributed by atoms with Crippen molar-refractivity contribution in [2.24, 2.45) is 0 Å². The van der Waals surface area contributed by atoms with Gasteiger partial charge in [-0.15, -0.1) is 0 Å². The number of nitrogens with zero attached hydrogens (tertiary/aromatic N) is 3. The van der Waals surface area contributed by atoms with E-state index in [0.29, 0.717) is 30.0 Å². The summed E-state index contributed by atoms with van der Waals surface area (Å²) in [6, 6.07) is 16.5. The fourth-order valence-corrected chi connectivity index (χ4v) is 4.00. The molecule has 2 heterocycles. The Morgan fingerprint density at radius 2 is 1.70 bits per heavy atom. The van der Waals surface area contributed by atoms with E-state index in [1.165, 1.54) is 0 Å². The van der Waals surface area contributed by atoms with Gasteiger partial charge >= 0.3 is 0 Å². The van der Waals surface area contributed by atoms with Crippen molar-refractivity contribution >= 4 is 23.3 Å². The molecule has 0 spiro atoms. The fraction of sp³-hybridized carbons (Fsp3) is 0.269. The number of benzene rings is 2. The number of Topliss-reactive ketones (excluding diaryl/α,β-unsaturated/α-hetero) is 1. The van der Waals surface area contributed by atoms with Gasteiger partial charge in [0.15, 0.2) is 5.78 Å². The number of ketones is 1. The predicted molar refractivity (Wildman–Crippen MR) is 128 cm³/mol. The molecule has 1 aliphatic rings. The molecular formula is C26H26ClN3O3. The lowest BCUT2D eigenvalue weighted by molar-refractivity contribution is 0.0663. The van der Waals surface area contributed by atoms with E-state index in [1.54, 1.807) is 35.5 Å². The van der Waals surface area contributed by atoms with Crippen LogP contribution in [-0.2, 0) is 13.0 Å². The Morgan fingerprint density at radius 3 is 2.39 bits per heavy atom. The molecule has 170 valence electrons. The summed E-state index contributed by atoms with van der Waals surface area (Å²) in [5, 5.41) is 0.250. The molecule has 7 heteroatoms. The van der Waals surface area contributed by atoms with E-state index in [1.807, 2.05) is 43.4 Å². The van der Waals surface area contributed by atoms with Gasteiger partial charge in [0.05, 0.1) is 16.1 Å². The maximum absolute atomic E-state index is 13.2. The summed E-state index contributed by atoms with van der Waals surface area (Å²) < 4.78 is 6.06. The molecule has 0 radical (unpaired) electrons. The molecule has 0 aliphatic carbocycles. The SMILES string of the molecule is CN1CCN(C(=O)c2cc(OCc3ccccc3)c(C(=O)Cc3cccnc3)cc2Cl)CC1. The first-order valence-corrected chi connectivity index (χ1v) is 11.3. The quantitative estimate of drug-likeness (QED) is 0.493. The summed E-state index contributed by atoms with van der Waals surface area (Å²) in [7, 11) is 2.03. The number of hydrogen-bond acceptors (Lipinski definition) is 5. The number of amides is 1. The zero-order valence-electron chi connectivity index (χ0n) is 18.5. The second-order valence-corrected chi connectivity index (χ2v) is 8.57. The van der Waals surface area contributed by atoms with Crippen LogP contribution in [0.5, 0.6) is 5.75 Å². The van der Waals surface area contributed by atoms with Crippen molar-refractivity contribution in [1.29, 1.82) is 0 Å². The van der Waals surface area contributed by atoms with E-state index in [4.69, 9.17) is 16.3 Å². The number of ether oxygens (including phenoxy) is 1. The van der Waals surface area contributed by atoms with Crippen molar-refractivity contribution in [2.75, 3.05) is 33.2 Å². The molecule has 33 heavy (non-hydrogen) atoms. The van der Waals surface area contributed by atoms with Gasteiger partial charge in [-0.05, 0) is 36.4 Å². The predicted octanol–water partition coefficient (Wildman–Crippen LogP) is 4.13. The molecule has 1 amide bonds. The third-order valence-corrected chi connectivity index (χ3v) is 6.03. The minimum absolute atomic E-state index is 0.147. The van der Waals surface area contributed by atoms with Gasteiger partial charge in [0.2, 0.25) is 0 Å². The van der Waals surface area contributed by atoms with Gasteiger partial charge in [0, 0.05) is 45.0 Å². The van der Waals surface area contributed by atoms with Crippen molar-refractivity contribution in [3.05, 3.63) is 94.3 Å². The molecule has 1 aromatic heterocycles. The van der Waals surface area contributed by atoms with E-state index in [9.17, 15) is 9.59 Å². The number of aromatic nitrogens is 1. The minimum atomic E-state index is -0.149. The molecule has 4 rings (SSSR count). The van der Waals surface area contributed by atoms with E-state index in [0.717, 1.165) is 24.2 Å². The zero-order chi connectivity index (χ0) is 23.2. The molecule has 0 bridgehead atoms. The van der Waals surface area contributed by atoms with E-state index in [-0.39, 0.29) is 29.7 Å². The smallest absolute Gasteiger partial charge is 0.255 e. The van der Waals surface area contributed by atoms with Crippen LogP contribution in [0.1, 0.15) is 31.8 Å². The highest BCUT2D eigenvalue weighted by molar-refractivity contribution is 6.34. The molecule has 1 saturated heterocycles. The summed E-state index contributed by atoms with van der Waals surface area (Å²) >= 11 is 6.53. The Labute approximate surface area is 198 Å². The first kappa shape index (κ1) is 23.0. The van der Waals surface area contributed by atoms with Gasteiger partial charge in [-0.25, -0.2) is 0 Å². The highest BCUT2D eigenvalue weighted by atomic mass is 35.5. The van der Waals surface area contributed by atoms with Crippen LogP contribution in [0.15, 0.2) is 67.0 Å². The van der Waals surface area contributed by atoms with E-state index < -0.39 is 0 Å². The van der Waals surface area contributed by atoms with E-state index >= 15 is 0 Å². The third-order valence-electron chi connectivity index (χ3n) is 5.72. The highest BCUT2D eigenvalue weighted by Crippen LogP contribution is 2.30. The summed E-state index contributed by atoms with van der Waals surface area (Å²) in [5.41, 5.74) is 2.46. The average Bonchev–Trinajstić information content (AvgIpc) is 2.84. The number of carbonyl (C=O) groups excluding carboxylic acids is 2. The highest BCUT2D eigenvalue weighted by Gasteiger charge is 2.25. The van der Waals surface area contributed by atoms with Crippen LogP contribution in [0, 0.1) is 0 Å². The molecule has 0 saturated carbocycles. The molecule has 1 fully saturated rings. The van der Waals surface area contributed by atoms with Crippen molar-refractivity contribution in [3.63, 3.8) is 0 Å². The van der Waals surface area contributed by atoms with Gasteiger partial charge in [0.1, 0.15) is 12.4 Å². The number of halogens is 1. The van der Waals surface area contributed by atoms with Crippen molar-refractivity contribution in [1.82, 2.24) is 14.8 Å². The van der Waals surface area contributed by atoms with Crippen LogP contribution in [0.4, 0.5) is 0 Å². The van der Waals surface area contributed by atoms with E-state index in [2.05, 4.69) is 9.88 Å². The maximum Gasteiger partial charge on any atom is 0.255 e. The number of piperazine rings is 1. The molecule has 2 aromatic carbocycles. The molecule has 1 aliphatic heterocycles. The Kier molecular flexibility index (Phi) is 7.37. The first-order valence-electron chi connectivity index (χ1n) is 10.9. The molecule has 0 N–H and O–H groups in total. The average molecular weight is 464 g/mol. The van der Waals surface area contributed by atoms with Crippen molar-refractivity contribution in [2.45, 2.75) is 13.0 Å².